The summed E-state index contributed by atoms with van der Waals surface area (Å²) in [6, 6.07) is 10.7. The number of nitrogens with one attached hydrogen (secondary N) is 2. The van der Waals surface area contributed by atoms with E-state index < -0.39 is 20.0 Å². The van der Waals surface area contributed by atoms with Gasteiger partial charge in [0.25, 0.3) is 0 Å². The zero-order chi connectivity index (χ0) is 30.1. The molecule has 0 unspecified atom stereocenters. The fourth-order valence-corrected chi connectivity index (χ4v) is 9.51. The second-order valence-corrected chi connectivity index (χ2v) is 14.9. The summed E-state index contributed by atoms with van der Waals surface area (Å²) >= 11 is 12.3. The summed E-state index contributed by atoms with van der Waals surface area (Å²) in [7, 11) is -3.40. The molecule has 0 radical (unpaired) electrons. The average Bonchev–Trinajstić information content (AvgIpc) is 3.68. The number of halogens is 3. The van der Waals surface area contributed by atoms with Crippen LogP contribution in [-0.4, -0.2) is 87.8 Å². The molecule has 2 aromatic heterocycles. The van der Waals surface area contributed by atoms with Gasteiger partial charge in [-0.05, 0) is 39.1 Å². The van der Waals surface area contributed by atoms with Gasteiger partial charge < -0.3 is 10.6 Å². The first-order chi connectivity index (χ1) is 20.1. The highest BCUT2D eigenvalue weighted by Gasteiger charge is 2.34. The van der Waals surface area contributed by atoms with Crippen molar-refractivity contribution in [2.75, 3.05) is 40.3 Å². The number of benzene rings is 2. The van der Waals surface area contributed by atoms with Crippen LogP contribution in [0.3, 0.4) is 0 Å². The van der Waals surface area contributed by atoms with Gasteiger partial charge in [0.15, 0.2) is 0 Å². The summed E-state index contributed by atoms with van der Waals surface area (Å²) in [5.74, 6) is 0. The molecule has 2 saturated heterocycles. The third-order valence-electron chi connectivity index (χ3n) is 7.75. The molecule has 2 aliphatic rings. The number of likely N-dealkylation sites (N-methyl/N-ethyl adjacent to an activating group) is 2. The number of nitrogens with zero attached hydrogens (tertiary/aromatic N) is 4. The van der Waals surface area contributed by atoms with E-state index in [1.165, 1.54) is 21.0 Å². The molecule has 10 nitrogen and oxygen atoms in total. The maximum Gasteiger partial charge on any atom is 0.243 e. The Balaban J connectivity index is 0.000000192. The second kappa shape index (κ2) is 14.0. The van der Waals surface area contributed by atoms with Crippen LogP contribution < -0.4 is 10.6 Å². The predicted molar refractivity (Wildman–Crippen MR) is 176 cm³/mol. The van der Waals surface area contributed by atoms with Gasteiger partial charge in [0.2, 0.25) is 20.0 Å². The van der Waals surface area contributed by atoms with Crippen molar-refractivity contribution in [3.63, 3.8) is 0 Å². The van der Waals surface area contributed by atoms with Gasteiger partial charge in [0.05, 0.1) is 19.8 Å². The van der Waals surface area contributed by atoms with Crippen LogP contribution in [0.4, 0.5) is 0 Å². The van der Waals surface area contributed by atoms with Crippen LogP contribution >= 0.6 is 40.2 Å². The molecule has 4 aromatic rings. The minimum atomic E-state index is -3.55. The van der Waals surface area contributed by atoms with Crippen LogP contribution in [0.2, 0.25) is 10.0 Å². The number of fused-ring (bicyclic) bond motifs is 2. The fourth-order valence-electron chi connectivity index (χ4n) is 5.39. The largest absolute Gasteiger partial charge is 0.316 e. The summed E-state index contributed by atoms with van der Waals surface area (Å²) < 4.78 is 54.6. The highest BCUT2D eigenvalue weighted by atomic mass is 79.9. The van der Waals surface area contributed by atoms with E-state index in [9.17, 15) is 16.8 Å². The van der Waals surface area contributed by atoms with Gasteiger partial charge in [-0.1, -0.05) is 47.5 Å². The molecule has 2 fully saturated rings. The Labute approximate surface area is 272 Å². The van der Waals surface area contributed by atoms with E-state index in [0.29, 0.717) is 47.0 Å². The highest BCUT2D eigenvalue weighted by Crippen LogP contribution is 2.33. The molecule has 6 rings (SSSR count). The van der Waals surface area contributed by atoms with Crippen LogP contribution in [0.5, 0.6) is 0 Å². The maximum absolute atomic E-state index is 12.9. The van der Waals surface area contributed by atoms with Crippen molar-refractivity contribution < 1.29 is 16.8 Å². The number of sulfonamides is 2. The van der Waals surface area contributed by atoms with Crippen molar-refractivity contribution in [2.45, 2.75) is 34.7 Å². The second-order valence-electron chi connectivity index (χ2n) is 10.2. The summed E-state index contributed by atoms with van der Waals surface area (Å²) in [6.07, 6.45) is 7.83. The van der Waals surface area contributed by atoms with E-state index in [1.807, 2.05) is 26.2 Å². The van der Waals surface area contributed by atoms with Crippen LogP contribution in [0.1, 0.15) is 12.8 Å². The summed E-state index contributed by atoms with van der Waals surface area (Å²) in [6.45, 7) is 2.01. The first-order valence-electron chi connectivity index (χ1n) is 13.5. The standard InChI is InChI=1S/2C14H16ClN3O2S.BrH/c2*1-16-11-5-6-18(9-11)21(19,20)13-4-2-3-10-7-17-8-12(15)14(10)13;/h2*2-4,7-8,11,16H,5-6,9H2,1H3;1H/t2*11-;/m00./s1. The van der Waals surface area contributed by atoms with Crippen LogP contribution in [0.25, 0.3) is 21.5 Å². The van der Waals surface area contributed by atoms with Crippen LogP contribution in [0, 0.1) is 0 Å². The Bertz CT molecular complexity index is 1690. The normalized spacial score (nSPS) is 19.7. The van der Waals surface area contributed by atoms with Crippen molar-refractivity contribution in [3.8, 4) is 0 Å². The molecule has 0 amide bonds. The Morgan fingerprint density at radius 1 is 0.698 bits per heavy atom. The van der Waals surface area contributed by atoms with E-state index in [-0.39, 0.29) is 38.9 Å². The zero-order valence-electron chi connectivity index (χ0n) is 23.6. The monoisotopic (exact) mass is 730 g/mol. The number of rotatable bonds is 6. The lowest BCUT2D eigenvalue weighted by Gasteiger charge is -2.18. The van der Waals surface area contributed by atoms with E-state index in [2.05, 4.69) is 20.6 Å². The van der Waals surface area contributed by atoms with Crippen molar-refractivity contribution in [1.82, 2.24) is 29.2 Å². The third-order valence-corrected chi connectivity index (χ3v) is 12.1. The lowest BCUT2D eigenvalue weighted by molar-refractivity contribution is 0.464. The molecule has 0 spiro atoms. The maximum atomic E-state index is 12.9. The molecule has 232 valence electrons. The van der Waals surface area contributed by atoms with E-state index in [4.69, 9.17) is 23.2 Å². The van der Waals surface area contributed by atoms with Gasteiger partial charge in [0, 0.05) is 84.6 Å². The molecule has 0 aliphatic carbocycles. The molecule has 4 heterocycles. The van der Waals surface area contributed by atoms with Crippen molar-refractivity contribution in [3.05, 3.63) is 71.2 Å². The number of aromatic nitrogens is 2. The molecular weight excluding hydrogens is 699 g/mol. The first-order valence-corrected chi connectivity index (χ1v) is 17.1. The van der Waals surface area contributed by atoms with Gasteiger partial charge >= 0.3 is 0 Å². The Morgan fingerprint density at radius 3 is 1.44 bits per heavy atom. The Morgan fingerprint density at radius 2 is 1.09 bits per heavy atom. The molecule has 2 aromatic carbocycles. The SMILES string of the molecule is Br.CN[C@H]1CCN(S(=O)(=O)c2cccc3cncc(Cl)c23)C1.CN[C@H]1CCN(S(=O)(=O)c2cccc3cncc(Cl)c23)C1. The van der Waals surface area contributed by atoms with Crippen LogP contribution in [-0.2, 0) is 20.0 Å². The van der Waals surface area contributed by atoms with E-state index in [0.717, 1.165) is 23.6 Å². The number of pyridine rings is 2. The summed E-state index contributed by atoms with van der Waals surface area (Å²) in [5.41, 5.74) is 0. The molecule has 15 heteroatoms. The summed E-state index contributed by atoms with van der Waals surface area (Å²) in [4.78, 5) is 8.52. The molecule has 2 atom stereocenters. The highest BCUT2D eigenvalue weighted by molar-refractivity contribution is 8.93. The van der Waals surface area contributed by atoms with Gasteiger partial charge in [-0.2, -0.15) is 8.61 Å². The molecule has 0 bridgehead atoms. The van der Waals surface area contributed by atoms with Crippen molar-refractivity contribution in [2.24, 2.45) is 0 Å². The molecular formula is C28H33BrCl2N6O4S2. The van der Waals surface area contributed by atoms with Crippen molar-refractivity contribution in [1.29, 1.82) is 0 Å². The molecule has 2 N–H and O–H groups in total. The Kier molecular flexibility index (Phi) is 11.1. The topological polar surface area (TPSA) is 125 Å². The lowest BCUT2D eigenvalue weighted by Crippen LogP contribution is -2.33. The first kappa shape index (κ1) is 33.9. The number of hydrogen-bond donors (Lipinski definition) is 2. The van der Waals surface area contributed by atoms with Gasteiger partial charge in [-0.3, -0.25) is 9.97 Å². The molecule has 2 aliphatic heterocycles. The molecule has 43 heavy (non-hydrogen) atoms. The van der Waals surface area contributed by atoms with Gasteiger partial charge in [-0.25, -0.2) is 16.8 Å². The summed E-state index contributed by atoms with van der Waals surface area (Å²) in [5, 5.41) is 9.51. The third kappa shape index (κ3) is 6.85. The van der Waals surface area contributed by atoms with E-state index in [1.54, 1.807) is 36.7 Å². The minimum Gasteiger partial charge on any atom is -0.316 e. The smallest absolute Gasteiger partial charge is 0.243 e. The van der Waals surface area contributed by atoms with Gasteiger partial charge in [0.1, 0.15) is 0 Å². The Hall–Kier alpha value is -1.94. The quantitative estimate of drug-likeness (QED) is 0.301. The lowest BCUT2D eigenvalue weighted by atomic mass is 10.2. The van der Waals surface area contributed by atoms with Gasteiger partial charge in [-0.15, -0.1) is 17.0 Å². The molecule has 0 saturated carbocycles. The minimum absolute atomic E-state index is 0. The van der Waals surface area contributed by atoms with E-state index >= 15 is 0 Å². The zero-order valence-corrected chi connectivity index (χ0v) is 28.4. The van der Waals surface area contributed by atoms with Crippen molar-refractivity contribution >= 4 is 81.8 Å². The average molecular weight is 733 g/mol. The number of hydrogen-bond acceptors (Lipinski definition) is 8. The van der Waals surface area contributed by atoms with Crippen LogP contribution in [0.15, 0.2) is 71.0 Å². The predicted octanol–water partition coefficient (Wildman–Crippen LogP) is 4.32. The fraction of sp³-hybridized carbons (Fsp3) is 0.357.